The van der Waals surface area contributed by atoms with Gasteiger partial charge in [-0.3, -0.25) is 4.79 Å². The van der Waals surface area contributed by atoms with E-state index in [0.29, 0.717) is 11.4 Å². The fourth-order valence-corrected chi connectivity index (χ4v) is 1.71. The van der Waals surface area contributed by atoms with E-state index in [0.717, 1.165) is 0 Å². The summed E-state index contributed by atoms with van der Waals surface area (Å²) in [6.07, 6.45) is 0. The molecule has 7 heteroatoms. The van der Waals surface area contributed by atoms with Crippen LogP contribution in [0.25, 0.3) is 0 Å². The van der Waals surface area contributed by atoms with Crippen LogP contribution in [0.1, 0.15) is 10.4 Å². The first-order chi connectivity index (χ1) is 9.95. The number of alkyl halides is 2. The van der Waals surface area contributed by atoms with Crippen molar-refractivity contribution in [2.24, 2.45) is 0 Å². The van der Waals surface area contributed by atoms with Crippen LogP contribution in [0.2, 0.25) is 0 Å². The van der Waals surface area contributed by atoms with Crippen molar-refractivity contribution in [3.63, 3.8) is 0 Å². The Morgan fingerprint density at radius 1 is 1.10 bits per heavy atom. The summed E-state index contributed by atoms with van der Waals surface area (Å²) >= 11 is 0. The molecule has 0 spiro atoms. The van der Waals surface area contributed by atoms with Crippen LogP contribution in [0.5, 0.6) is 5.75 Å². The molecule has 2 rings (SSSR count). The lowest BCUT2D eigenvalue weighted by atomic mass is 10.1. The minimum atomic E-state index is -2.89. The van der Waals surface area contributed by atoms with Gasteiger partial charge in [-0.25, -0.2) is 0 Å². The Kier molecular flexibility index (Phi) is 4.22. The Morgan fingerprint density at radius 2 is 1.76 bits per heavy atom. The Balaban J connectivity index is 2.08. The van der Waals surface area contributed by atoms with E-state index in [1.807, 2.05) is 0 Å². The highest BCUT2D eigenvalue weighted by Crippen LogP contribution is 2.20. The van der Waals surface area contributed by atoms with Crippen LogP contribution in [0, 0.1) is 0 Å². The molecule has 0 saturated carbocycles. The highest BCUT2D eigenvalue weighted by atomic mass is 19.3. The Bertz CT molecular complexity index is 645. The molecule has 110 valence electrons. The number of halogens is 2. The fourth-order valence-electron chi connectivity index (χ4n) is 1.71. The maximum atomic E-state index is 12.0. The molecular formula is C14H13F2N3O2. The number of ether oxygens (including phenoxy) is 1. The zero-order valence-electron chi connectivity index (χ0n) is 10.8. The summed E-state index contributed by atoms with van der Waals surface area (Å²) in [6, 6.07) is 10.1. The van der Waals surface area contributed by atoms with Crippen LogP contribution in [-0.4, -0.2) is 12.5 Å². The Morgan fingerprint density at radius 3 is 2.33 bits per heavy atom. The van der Waals surface area contributed by atoms with Crippen molar-refractivity contribution in [1.29, 1.82) is 0 Å². The zero-order valence-corrected chi connectivity index (χ0v) is 10.8. The van der Waals surface area contributed by atoms with Gasteiger partial charge in [0.15, 0.2) is 0 Å². The number of nitrogens with two attached hydrogens (primary N) is 2. The predicted octanol–water partition coefficient (Wildman–Crippen LogP) is 2.70. The van der Waals surface area contributed by atoms with Crippen LogP contribution < -0.4 is 21.5 Å². The molecule has 2 aromatic rings. The molecule has 0 saturated heterocycles. The lowest BCUT2D eigenvalue weighted by molar-refractivity contribution is -0.0498. The van der Waals surface area contributed by atoms with Gasteiger partial charge in [-0.15, -0.1) is 0 Å². The standard InChI is InChI=1S/C14H13F2N3O2/c15-14(16)21-10-4-2-9(3-5-10)19-13(20)11-6-1-8(17)7-12(11)18/h1-7,14H,17-18H2,(H,19,20). The third kappa shape index (κ3) is 3.82. The van der Waals surface area contributed by atoms with Crippen LogP contribution in [0.15, 0.2) is 42.5 Å². The summed E-state index contributed by atoms with van der Waals surface area (Å²) in [7, 11) is 0. The van der Waals surface area contributed by atoms with Crippen LogP contribution in [0.4, 0.5) is 25.8 Å². The van der Waals surface area contributed by atoms with Crippen molar-refractivity contribution in [1.82, 2.24) is 0 Å². The molecule has 0 fully saturated rings. The average Bonchev–Trinajstić information content (AvgIpc) is 2.40. The van der Waals surface area contributed by atoms with Crippen molar-refractivity contribution in [3.05, 3.63) is 48.0 Å². The summed E-state index contributed by atoms with van der Waals surface area (Å²) in [6.45, 7) is -2.89. The van der Waals surface area contributed by atoms with Crippen molar-refractivity contribution < 1.29 is 18.3 Å². The molecular weight excluding hydrogens is 280 g/mol. The lowest BCUT2D eigenvalue weighted by Gasteiger charge is -2.09. The van der Waals surface area contributed by atoms with Gasteiger partial charge in [0, 0.05) is 17.1 Å². The summed E-state index contributed by atoms with van der Waals surface area (Å²) < 4.78 is 28.2. The minimum absolute atomic E-state index is 0.00926. The summed E-state index contributed by atoms with van der Waals surface area (Å²) in [4.78, 5) is 12.0. The Labute approximate surface area is 119 Å². The molecule has 0 bridgehead atoms. The molecule has 0 radical (unpaired) electrons. The number of hydrogen-bond acceptors (Lipinski definition) is 4. The van der Waals surface area contributed by atoms with Gasteiger partial charge in [0.25, 0.3) is 5.91 Å². The van der Waals surface area contributed by atoms with Crippen molar-refractivity contribution >= 4 is 23.0 Å². The van der Waals surface area contributed by atoms with E-state index in [9.17, 15) is 13.6 Å². The molecule has 5 nitrogen and oxygen atoms in total. The maximum absolute atomic E-state index is 12.0. The largest absolute Gasteiger partial charge is 0.435 e. The topological polar surface area (TPSA) is 90.4 Å². The molecule has 0 heterocycles. The molecule has 2 aromatic carbocycles. The third-order valence-corrected chi connectivity index (χ3v) is 2.66. The SMILES string of the molecule is Nc1ccc(C(=O)Nc2ccc(OC(F)F)cc2)c(N)c1. The summed E-state index contributed by atoms with van der Waals surface area (Å²) in [5.41, 5.74) is 12.7. The van der Waals surface area contributed by atoms with Gasteiger partial charge in [-0.05, 0) is 42.5 Å². The lowest BCUT2D eigenvalue weighted by Crippen LogP contribution is -2.14. The average molecular weight is 293 g/mol. The molecule has 0 aliphatic heterocycles. The monoisotopic (exact) mass is 293 g/mol. The number of nitrogen functional groups attached to an aromatic ring is 2. The third-order valence-electron chi connectivity index (χ3n) is 2.66. The predicted molar refractivity (Wildman–Crippen MR) is 76.3 cm³/mol. The van der Waals surface area contributed by atoms with E-state index >= 15 is 0 Å². The quantitative estimate of drug-likeness (QED) is 0.756. The number of anilines is 3. The van der Waals surface area contributed by atoms with Crippen molar-refractivity contribution in [2.45, 2.75) is 6.61 Å². The minimum Gasteiger partial charge on any atom is -0.435 e. The molecule has 0 aliphatic carbocycles. The number of hydrogen-bond donors (Lipinski definition) is 3. The van der Waals surface area contributed by atoms with Crippen molar-refractivity contribution in [3.8, 4) is 5.75 Å². The number of carbonyl (C=O) groups is 1. The highest BCUT2D eigenvalue weighted by molar-refractivity contribution is 6.08. The maximum Gasteiger partial charge on any atom is 0.387 e. The Hall–Kier alpha value is -2.83. The molecule has 5 N–H and O–H groups in total. The van der Waals surface area contributed by atoms with Gasteiger partial charge in [-0.2, -0.15) is 8.78 Å². The molecule has 0 atom stereocenters. The van der Waals surface area contributed by atoms with E-state index < -0.39 is 12.5 Å². The first-order valence-electron chi connectivity index (χ1n) is 5.97. The molecule has 21 heavy (non-hydrogen) atoms. The van der Waals surface area contributed by atoms with E-state index in [4.69, 9.17) is 11.5 Å². The molecule has 0 unspecified atom stereocenters. The van der Waals surface area contributed by atoms with E-state index in [1.54, 1.807) is 6.07 Å². The second kappa shape index (κ2) is 6.08. The van der Waals surface area contributed by atoms with E-state index in [-0.39, 0.29) is 17.0 Å². The number of amides is 1. The summed E-state index contributed by atoms with van der Waals surface area (Å²) in [5.74, 6) is -0.412. The normalized spacial score (nSPS) is 10.4. The summed E-state index contributed by atoms with van der Waals surface area (Å²) in [5, 5.41) is 2.60. The van der Waals surface area contributed by atoms with Crippen LogP contribution >= 0.6 is 0 Å². The number of carbonyl (C=O) groups excluding carboxylic acids is 1. The van der Waals surface area contributed by atoms with Gasteiger partial charge in [-0.1, -0.05) is 0 Å². The van der Waals surface area contributed by atoms with Gasteiger partial charge < -0.3 is 21.5 Å². The molecule has 0 aliphatic rings. The highest BCUT2D eigenvalue weighted by Gasteiger charge is 2.10. The fraction of sp³-hybridized carbons (Fsp3) is 0.0714. The van der Waals surface area contributed by atoms with E-state index in [1.165, 1.54) is 36.4 Å². The van der Waals surface area contributed by atoms with Crippen LogP contribution in [-0.2, 0) is 0 Å². The number of rotatable bonds is 4. The van der Waals surface area contributed by atoms with Crippen LogP contribution in [0.3, 0.4) is 0 Å². The van der Waals surface area contributed by atoms with Gasteiger partial charge in [0.2, 0.25) is 0 Å². The van der Waals surface area contributed by atoms with Gasteiger partial charge in [0.05, 0.1) is 5.56 Å². The van der Waals surface area contributed by atoms with Gasteiger partial charge in [0.1, 0.15) is 5.75 Å². The number of nitrogens with one attached hydrogen (secondary N) is 1. The second-order valence-corrected chi connectivity index (χ2v) is 4.20. The molecule has 1 amide bonds. The first-order valence-corrected chi connectivity index (χ1v) is 5.97. The van der Waals surface area contributed by atoms with E-state index in [2.05, 4.69) is 10.1 Å². The zero-order chi connectivity index (χ0) is 15.4. The first kappa shape index (κ1) is 14.6. The smallest absolute Gasteiger partial charge is 0.387 e. The molecule has 0 aromatic heterocycles. The van der Waals surface area contributed by atoms with Gasteiger partial charge >= 0.3 is 6.61 Å². The second-order valence-electron chi connectivity index (χ2n) is 4.20. The van der Waals surface area contributed by atoms with Crippen molar-refractivity contribution in [2.75, 3.05) is 16.8 Å². The number of benzene rings is 2.